The molecule has 0 unspecified atom stereocenters. The maximum Gasteiger partial charge on any atom is 0.253 e. The zero-order valence-corrected chi connectivity index (χ0v) is 13.9. The standard InChI is InChI=1S/C20H20FN3O/c21-17-7-4-14(5-8-17)16-3-1-2-10-24(12-16)20(25)15-6-9-18-19(11-15)23-13-22-18/h4-9,11,13,16H,1-3,10,12H2,(H,22,23)/t16-/m1/s1. The fourth-order valence-electron chi connectivity index (χ4n) is 3.58. The average molecular weight is 337 g/mol. The highest BCUT2D eigenvalue weighted by Gasteiger charge is 2.24. The molecule has 0 saturated carbocycles. The van der Waals surface area contributed by atoms with Crippen molar-refractivity contribution in [1.82, 2.24) is 14.9 Å². The number of carbonyl (C=O) groups is 1. The molecule has 4 rings (SSSR count). The Bertz CT molecular complexity index is 887. The lowest BCUT2D eigenvalue weighted by atomic mass is 9.94. The number of H-pyrrole nitrogens is 1. The van der Waals surface area contributed by atoms with E-state index in [0.29, 0.717) is 12.1 Å². The van der Waals surface area contributed by atoms with Gasteiger partial charge in [0, 0.05) is 24.6 Å². The van der Waals surface area contributed by atoms with Gasteiger partial charge in [-0.05, 0) is 48.7 Å². The first-order chi connectivity index (χ1) is 12.2. The summed E-state index contributed by atoms with van der Waals surface area (Å²) in [4.78, 5) is 22.2. The van der Waals surface area contributed by atoms with Crippen LogP contribution in [0.25, 0.3) is 11.0 Å². The number of amides is 1. The second kappa shape index (κ2) is 6.67. The molecule has 1 saturated heterocycles. The highest BCUT2D eigenvalue weighted by Crippen LogP contribution is 2.27. The third-order valence-corrected chi connectivity index (χ3v) is 4.97. The van der Waals surface area contributed by atoms with Crippen LogP contribution in [0.15, 0.2) is 48.8 Å². The zero-order chi connectivity index (χ0) is 17.2. The van der Waals surface area contributed by atoms with Crippen LogP contribution < -0.4 is 0 Å². The minimum Gasteiger partial charge on any atom is -0.345 e. The van der Waals surface area contributed by atoms with E-state index in [1.54, 1.807) is 6.33 Å². The van der Waals surface area contributed by atoms with Crippen molar-refractivity contribution in [3.63, 3.8) is 0 Å². The number of likely N-dealkylation sites (tertiary alicyclic amines) is 1. The monoisotopic (exact) mass is 337 g/mol. The summed E-state index contributed by atoms with van der Waals surface area (Å²) in [7, 11) is 0. The van der Waals surface area contributed by atoms with Crippen molar-refractivity contribution >= 4 is 16.9 Å². The smallest absolute Gasteiger partial charge is 0.253 e. The van der Waals surface area contributed by atoms with Crippen molar-refractivity contribution in [2.75, 3.05) is 13.1 Å². The molecule has 1 aromatic heterocycles. The lowest BCUT2D eigenvalue weighted by Crippen LogP contribution is -2.34. The topological polar surface area (TPSA) is 49.0 Å². The molecule has 128 valence electrons. The van der Waals surface area contributed by atoms with Gasteiger partial charge in [-0.25, -0.2) is 9.37 Å². The molecule has 0 aliphatic carbocycles. The van der Waals surface area contributed by atoms with Crippen LogP contribution >= 0.6 is 0 Å². The Labute approximate surface area is 145 Å². The van der Waals surface area contributed by atoms with Crippen molar-refractivity contribution in [2.45, 2.75) is 25.2 Å². The highest BCUT2D eigenvalue weighted by atomic mass is 19.1. The summed E-state index contributed by atoms with van der Waals surface area (Å²) in [5, 5.41) is 0. The van der Waals surface area contributed by atoms with E-state index in [0.717, 1.165) is 42.4 Å². The van der Waals surface area contributed by atoms with Crippen LogP contribution in [-0.2, 0) is 0 Å². The molecule has 2 heterocycles. The maximum atomic E-state index is 13.2. The molecular weight excluding hydrogens is 317 g/mol. The minimum absolute atomic E-state index is 0.0468. The summed E-state index contributed by atoms with van der Waals surface area (Å²) in [6.45, 7) is 1.43. The van der Waals surface area contributed by atoms with Crippen molar-refractivity contribution in [2.24, 2.45) is 0 Å². The minimum atomic E-state index is -0.224. The molecule has 1 amide bonds. The predicted octanol–water partition coefficient (Wildman–Crippen LogP) is 4.11. The van der Waals surface area contributed by atoms with E-state index in [4.69, 9.17) is 0 Å². The van der Waals surface area contributed by atoms with E-state index in [-0.39, 0.29) is 17.6 Å². The number of aromatic nitrogens is 2. The van der Waals surface area contributed by atoms with E-state index in [1.165, 1.54) is 12.1 Å². The number of hydrogen-bond donors (Lipinski definition) is 1. The number of benzene rings is 2. The van der Waals surface area contributed by atoms with E-state index >= 15 is 0 Å². The van der Waals surface area contributed by atoms with Crippen LogP contribution in [0.5, 0.6) is 0 Å². The van der Waals surface area contributed by atoms with Gasteiger partial charge in [0.15, 0.2) is 0 Å². The Balaban J connectivity index is 1.57. The molecule has 1 N–H and O–H groups in total. The number of imidazole rings is 1. The van der Waals surface area contributed by atoms with Gasteiger partial charge >= 0.3 is 0 Å². The second-order valence-electron chi connectivity index (χ2n) is 6.63. The largest absolute Gasteiger partial charge is 0.345 e. The summed E-state index contributed by atoms with van der Waals surface area (Å²) in [6.07, 6.45) is 4.73. The molecule has 1 aliphatic heterocycles. The maximum absolute atomic E-state index is 13.2. The third kappa shape index (κ3) is 3.27. The van der Waals surface area contributed by atoms with Gasteiger partial charge in [0.2, 0.25) is 0 Å². The first-order valence-electron chi connectivity index (χ1n) is 8.68. The Kier molecular flexibility index (Phi) is 4.22. The molecule has 0 bridgehead atoms. The molecule has 1 aliphatic rings. The molecule has 3 aromatic rings. The fraction of sp³-hybridized carbons (Fsp3) is 0.300. The SMILES string of the molecule is O=C(c1ccc2nc[nH]c2c1)N1CCCC[C@@H](c2ccc(F)cc2)C1. The zero-order valence-electron chi connectivity index (χ0n) is 13.9. The number of halogens is 1. The fourth-order valence-corrected chi connectivity index (χ4v) is 3.58. The molecule has 1 fully saturated rings. The van der Waals surface area contributed by atoms with E-state index < -0.39 is 0 Å². The summed E-state index contributed by atoms with van der Waals surface area (Å²) in [5.74, 6) is 0.0756. The van der Waals surface area contributed by atoms with Gasteiger partial charge in [0.25, 0.3) is 5.91 Å². The molecule has 5 heteroatoms. The van der Waals surface area contributed by atoms with Crippen LogP contribution in [0.4, 0.5) is 4.39 Å². The Hall–Kier alpha value is -2.69. The lowest BCUT2D eigenvalue weighted by Gasteiger charge is -2.25. The van der Waals surface area contributed by atoms with Gasteiger partial charge in [-0.15, -0.1) is 0 Å². The molecule has 25 heavy (non-hydrogen) atoms. The first-order valence-corrected chi connectivity index (χ1v) is 8.68. The second-order valence-corrected chi connectivity index (χ2v) is 6.63. The highest BCUT2D eigenvalue weighted by molar-refractivity contribution is 5.97. The van der Waals surface area contributed by atoms with Crippen LogP contribution in [0.2, 0.25) is 0 Å². The van der Waals surface area contributed by atoms with Crippen molar-refractivity contribution in [3.8, 4) is 0 Å². The van der Waals surface area contributed by atoms with E-state index in [2.05, 4.69) is 9.97 Å². The van der Waals surface area contributed by atoms with Crippen molar-refractivity contribution < 1.29 is 9.18 Å². The van der Waals surface area contributed by atoms with Gasteiger partial charge < -0.3 is 9.88 Å². The Morgan fingerprint density at radius 2 is 2.00 bits per heavy atom. The predicted molar refractivity (Wildman–Crippen MR) is 95.0 cm³/mol. The number of hydrogen-bond acceptors (Lipinski definition) is 2. The van der Waals surface area contributed by atoms with Gasteiger partial charge in [-0.3, -0.25) is 4.79 Å². The molecule has 1 atom stereocenters. The average Bonchev–Trinajstić information content (AvgIpc) is 2.97. The van der Waals surface area contributed by atoms with Gasteiger partial charge in [0.05, 0.1) is 17.4 Å². The van der Waals surface area contributed by atoms with Gasteiger partial charge in [-0.1, -0.05) is 18.6 Å². The Morgan fingerprint density at radius 1 is 1.16 bits per heavy atom. The number of aromatic amines is 1. The number of nitrogens with zero attached hydrogens (tertiary/aromatic N) is 2. The summed E-state index contributed by atoms with van der Waals surface area (Å²) in [6, 6.07) is 12.2. The third-order valence-electron chi connectivity index (χ3n) is 4.97. The Morgan fingerprint density at radius 3 is 2.84 bits per heavy atom. The summed E-state index contributed by atoms with van der Waals surface area (Å²) < 4.78 is 13.2. The first kappa shape index (κ1) is 15.8. The van der Waals surface area contributed by atoms with Crippen molar-refractivity contribution in [3.05, 3.63) is 65.7 Å². The molecule has 2 aromatic carbocycles. The summed E-state index contributed by atoms with van der Waals surface area (Å²) >= 11 is 0. The molecular formula is C20H20FN3O. The lowest BCUT2D eigenvalue weighted by molar-refractivity contribution is 0.0754. The van der Waals surface area contributed by atoms with Gasteiger partial charge in [0.1, 0.15) is 5.82 Å². The van der Waals surface area contributed by atoms with Crippen LogP contribution in [0.3, 0.4) is 0 Å². The number of fused-ring (bicyclic) bond motifs is 1. The van der Waals surface area contributed by atoms with Crippen LogP contribution in [0, 0.1) is 5.82 Å². The van der Waals surface area contributed by atoms with Crippen molar-refractivity contribution in [1.29, 1.82) is 0 Å². The van der Waals surface area contributed by atoms with Gasteiger partial charge in [-0.2, -0.15) is 0 Å². The van der Waals surface area contributed by atoms with Crippen LogP contribution in [0.1, 0.15) is 41.1 Å². The van der Waals surface area contributed by atoms with E-state index in [1.807, 2.05) is 35.2 Å². The number of carbonyl (C=O) groups excluding carboxylic acids is 1. The molecule has 4 nitrogen and oxygen atoms in total. The number of nitrogens with one attached hydrogen (secondary N) is 1. The summed E-state index contributed by atoms with van der Waals surface area (Å²) in [5.41, 5.74) is 3.51. The molecule has 0 spiro atoms. The normalized spacial score (nSPS) is 18.3. The quantitative estimate of drug-likeness (QED) is 0.765. The molecule has 0 radical (unpaired) electrons. The van der Waals surface area contributed by atoms with E-state index in [9.17, 15) is 9.18 Å². The number of rotatable bonds is 2. The van der Waals surface area contributed by atoms with Crippen LogP contribution in [-0.4, -0.2) is 33.9 Å².